The van der Waals surface area contributed by atoms with E-state index in [0.717, 1.165) is 38.5 Å². The first-order valence-electron chi connectivity index (χ1n) is 9.32. The SMILES string of the molecule is CC1(C)CCCC(C)(C)N1OCC(O)(CC(=O)C1CC1)C1CC1. The number of carbonyl (C=O) groups is 1. The predicted molar refractivity (Wildman–Crippen MR) is 89.8 cm³/mol. The lowest BCUT2D eigenvalue weighted by atomic mass is 9.82. The van der Waals surface area contributed by atoms with Gasteiger partial charge in [0.05, 0.1) is 12.2 Å². The standard InChI is InChI=1S/C19H33NO3/c1-17(2)10-5-11-18(3,4)20(17)23-13-19(22,15-8-9-15)12-16(21)14-6-7-14/h14-15,22H,5-13H2,1-4H3. The molecule has 4 nitrogen and oxygen atoms in total. The number of hydroxylamine groups is 2. The van der Waals surface area contributed by atoms with Crippen LogP contribution in [0.5, 0.6) is 0 Å². The number of hydrogen-bond donors (Lipinski definition) is 1. The lowest BCUT2D eigenvalue weighted by Gasteiger charge is -2.52. The summed E-state index contributed by atoms with van der Waals surface area (Å²) in [6.07, 6.45) is 7.72. The first-order valence-corrected chi connectivity index (χ1v) is 9.32. The van der Waals surface area contributed by atoms with Gasteiger partial charge in [0.15, 0.2) is 0 Å². The summed E-state index contributed by atoms with van der Waals surface area (Å²) in [5.41, 5.74) is -1.04. The van der Waals surface area contributed by atoms with Gasteiger partial charge in [-0.1, -0.05) is 0 Å². The second-order valence-corrected chi connectivity index (χ2v) is 9.34. The molecule has 23 heavy (non-hydrogen) atoms. The Morgan fingerprint density at radius 3 is 2.17 bits per heavy atom. The molecule has 3 fully saturated rings. The van der Waals surface area contributed by atoms with E-state index in [1.54, 1.807) is 0 Å². The minimum absolute atomic E-state index is 0.0350. The molecule has 0 bridgehead atoms. The minimum atomic E-state index is -0.969. The Bertz CT molecular complexity index is 449. The molecule has 0 spiro atoms. The highest BCUT2D eigenvalue weighted by molar-refractivity contribution is 5.84. The Balaban J connectivity index is 1.66. The van der Waals surface area contributed by atoms with E-state index < -0.39 is 5.60 Å². The van der Waals surface area contributed by atoms with E-state index in [2.05, 4.69) is 32.8 Å². The number of hydrogen-bond acceptors (Lipinski definition) is 4. The van der Waals surface area contributed by atoms with Gasteiger partial charge in [0.2, 0.25) is 0 Å². The van der Waals surface area contributed by atoms with Gasteiger partial charge >= 0.3 is 0 Å². The van der Waals surface area contributed by atoms with Gasteiger partial charge < -0.3 is 5.11 Å². The van der Waals surface area contributed by atoms with Crippen LogP contribution in [0.3, 0.4) is 0 Å². The van der Waals surface area contributed by atoms with Crippen molar-refractivity contribution >= 4 is 5.78 Å². The number of rotatable bonds is 7. The molecule has 0 radical (unpaired) electrons. The van der Waals surface area contributed by atoms with Crippen LogP contribution in [0.1, 0.15) is 79.1 Å². The molecule has 1 heterocycles. The third kappa shape index (κ3) is 3.80. The van der Waals surface area contributed by atoms with Crippen molar-refractivity contribution in [1.82, 2.24) is 5.06 Å². The summed E-state index contributed by atoms with van der Waals surface area (Å²) in [6, 6.07) is 0. The Kier molecular flexibility index (Phi) is 4.40. The van der Waals surface area contributed by atoms with Crippen LogP contribution in [-0.2, 0) is 9.63 Å². The largest absolute Gasteiger partial charge is 0.387 e. The number of ketones is 1. The Hall–Kier alpha value is -0.450. The van der Waals surface area contributed by atoms with E-state index >= 15 is 0 Å². The quantitative estimate of drug-likeness (QED) is 0.779. The fourth-order valence-corrected chi connectivity index (χ4v) is 4.29. The number of carbonyl (C=O) groups excluding carboxylic acids is 1. The fourth-order valence-electron chi connectivity index (χ4n) is 4.29. The molecule has 3 rings (SSSR count). The highest BCUT2D eigenvalue weighted by Gasteiger charge is 2.49. The lowest BCUT2D eigenvalue weighted by Crippen LogP contribution is -2.59. The van der Waals surface area contributed by atoms with Crippen LogP contribution in [0.2, 0.25) is 0 Å². The summed E-state index contributed by atoms with van der Waals surface area (Å²) in [7, 11) is 0. The average molecular weight is 323 g/mol. The number of nitrogens with zero attached hydrogens (tertiary/aromatic N) is 1. The maximum atomic E-state index is 12.2. The van der Waals surface area contributed by atoms with Gasteiger partial charge in [-0.2, -0.15) is 5.06 Å². The molecular formula is C19H33NO3. The van der Waals surface area contributed by atoms with Gasteiger partial charge in [-0.05, 0) is 78.6 Å². The summed E-state index contributed by atoms with van der Waals surface area (Å²) >= 11 is 0. The predicted octanol–water partition coefficient (Wildman–Crippen LogP) is 3.47. The van der Waals surface area contributed by atoms with Gasteiger partial charge in [0, 0.05) is 23.4 Å². The zero-order valence-electron chi connectivity index (χ0n) is 15.2. The van der Waals surface area contributed by atoms with Crippen molar-refractivity contribution in [2.75, 3.05) is 6.61 Å². The Morgan fingerprint density at radius 1 is 1.13 bits per heavy atom. The second kappa shape index (κ2) is 5.82. The van der Waals surface area contributed by atoms with Crippen LogP contribution in [0, 0.1) is 11.8 Å². The van der Waals surface area contributed by atoms with E-state index in [9.17, 15) is 9.90 Å². The molecule has 1 aliphatic heterocycles. The highest BCUT2D eigenvalue weighted by atomic mass is 16.7. The van der Waals surface area contributed by atoms with E-state index in [4.69, 9.17) is 4.84 Å². The zero-order valence-corrected chi connectivity index (χ0v) is 15.2. The maximum Gasteiger partial charge on any atom is 0.138 e. The average Bonchev–Trinajstić information content (AvgIpc) is 3.26. The van der Waals surface area contributed by atoms with Crippen molar-refractivity contribution in [3.8, 4) is 0 Å². The summed E-state index contributed by atoms with van der Waals surface area (Å²) < 4.78 is 0. The van der Waals surface area contributed by atoms with Crippen molar-refractivity contribution in [1.29, 1.82) is 0 Å². The van der Waals surface area contributed by atoms with Crippen LogP contribution in [0.15, 0.2) is 0 Å². The number of aliphatic hydroxyl groups is 1. The Labute approximate surface area is 140 Å². The van der Waals surface area contributed by atoms with Gasteiger partial charge in [-0.15, -0.1) is 0 Å². The molecule has 3 aliphatic rings. The summed E-state index contributed by atoms with van der Waals surface area (Å²) in [6.45, 7) is 9.08. The third-order valence-corrected chi connectivity index (χ3v) is 5.97. The van der Waals surface area contributed by atoms with Crippen LogP contribution in [-0.4, -0.2) is 39.2 Å². The van der Waals surface area contributed by atoms with E-state index in [0.29, 0.717) is 0 Å². The number of Topliss-reactive ketones (excluding diaryl/α,β-unsaturated/α-hetero) is 1. The molecule has 132 valence electrons. The fraction of sp³-hybridized carbons (Fsp3) is 0.947. The second-order valence-electron chi connectivity index (χ2n) is 9.34. The summed E-state index contributed by atoms with van der Waals surface area (Å²) in [5.74, 6) is 0.685. The van der Waals surface area contributed by atoms with Crippen molar-refractivity contribution in [2.45, 2.75) is 95.7 Å². The monoisotopic (exact) mass is 323 g/mol. The van der Waals surface area contributed by atoms with Crippen LogP contribution in [0.25, 0.3) is 0 Å². The molecular weight excluding hydrogens is 290 g/mol. The lowest BCUT2D eigenvalue weighted by molar-refractivity contribution is -0.300. The van der Waals surface area contributed by atoms with E-state index in [1.807, 2.05) is 0 Å². The minimum Gasteiger partial charge on any atom is -0.387 e. The highest BCUT2D eigenvalue weighted by Crippen LogP contribution is 2.45. The van der Waals surface area contributed by atoms with Gasteiger partial charge in [0.25, 0.3) is 0 Å². The molecule has 0 amide bonds. The van der Waals surface area contributed by atoms with Gasteiger partial charge in [-0.3, -0.25) is 9.63 Å². The topological polar surface area (TPSA) is 49.8 Å². The third-order valence-electron chi connectivity index (χ3n) is 5.97. The molecule has 0 aromatic carbocycles. The van der Waals surface area contributed by atoms with Crippen molar-refractivity contribution in [3.05, 3.63) is 0 Å². The molecule has 2 saturated carbocycles. The van der Waals surface area contributed by atoms with Crippen LogP contribution < -0.4 is 0 Å². The molecule has 1 unspecified atom stereocenters. The molecule has 1 N–H and O–H groups in total. The molecule has 2 aliphatic carbocycles. The van der Waals surface area contributed by atoms with E-state index in [-0.39, 0.29) is 41.7 Å². The maximum absolute atomic E-state index is 12.2. The summed E-state index contributed by atoms with van der Waals surface area (Å²) in [4.78, 5) is 18.4. The smallest absolute Gasteiger partial charge is 0.138 e. The normalized spacial score (nSPS) is 30.0. The van der Waals surface area contributed by atoms with Crippen LogP contribution in [0.4, 0.5) is 0 Å². The summed E-state index contributed by atoms with van der Waals surface area (Å²) in [5, 5.41) is 13.2. The van der Waals surface area contributed by atoms with Crippen LogP contribution >= 0.6 is 0 Å². The first kappa shape index (κ1) is 17.4. The number of piperidine rings is 1. The molecule has 1 atom stereocenters. The molecule has 4 heteroatoms. The van der Waals surface area contributed by atoms with Crippen molar-refractivity contribution in [3.63, 3.8) is 0 Å². The Morgan fingerprint density at radius 2 is 1.70 bits per heavy atom. The van der Waals surface area contributed by atoms with Gasteiger partial charge in [-0.25, -0.2) is 0 Å². The van der Waals surface area contributed by atoms with Crippen molar-refractivity contribution < 1.29 is 14.7 Å². The van der Waals surface area contributed by atoms with E-state index in [1.165, 1.54) is 6.42 Å². The van der Waals surface area contributed by atoms with Gasteiger partial charge in [0.1, 0.15) is 5.78 Å². The molecule has 0 aromatic rings. The zero-order chi connectivity index (χ0) is 16.9. The first-order chi connectivity index (χ1) is 10.6. The molecule has 1 saturated heterocycles. The molecule has 0 aromatic heterocycles. The van der Waals surface area contributed by atoms with Crippen molar-refractivity contribution in [2.24, 2.45) is 11.8 Å².